The number of fused-ring (bicyclic) bond motifs is 3. The van der Waals surface area contributed by atoms with Gasteiger partial charge in [-0.2, -0.15) is 0 Å². The highest BCUT2D eigenvalue weighted by Crippen LogP contribution is 2.34. The van der Waals surface area contributed by atoms with Crippen LogP contribution in [-0.2, 0) is 12.8 Å². The van der Waals surface area contributed by atoms with Crippen LogP contribution in [0.2, 0.25) is 0 Å². The molecule has 0 N–H and O–H groups in total. The minimum atomic E-state index is 0.969. The summed E-state index contributed by atoms with van der Waals surface area (Å²) in [6.07, 6.45) is 13.6. The molecule has 0 aromatic heterocycles. The minimum absolute atomic E-state index is 0.969. The molecule has 0 bridgehead atoms. The van der Waals surface area contributed by atoms with E-state index in [1.807, 2.05) is 0 Å². The fourth-order valence-electron chi connectivity index (χ4n) is 5.77. The van der Waals surface area contributed by atoms with Gasteiger partial charge in [0.1, 0.15) is 0 Å². The molecule has 35 heavy (non-hydrogen) atoms. The van der Waals surface area contributed by atoms with Gasteiger partial charge in [-0.25, -0.2) is 0 Å². The molecule has 6 rings (SSSR count). The van der Waals surface area contributed by atoms with Crippen molar-refractivity contribution in [1.29, 1.82) is 0 Å². The first-order valence-corrected chi connectivity index (χ1v) is 12.7. The van der Waals surface area contributed by atoms with E-state index < -0.39 is 0 Å². The first kappa shape index (κ1) is 21.6. The van der Waals surface area contributed by atoms with Gasteiger partial charge in [-0.05, 0) is 97.5 Å². The van der Waals surface area contributed by atoms with E-state index in [0.717, 1.165) is 19.3 Å². The average molecular weight is 450 g/mol. The van der Waals surface area contributed by atoms with E-state index in [9.17, 15) is 0 Å². The quantitative estimate of drug-likeness (QED) is 0.269. The van der Waals surface area contributed by atoms with E-state index in [1.54, 1.807) is 0 Å². The van der Waals surface area contributed by atoms with Gasteiger partial charge in [-0.3, -0.25) is 0 Å². The smallest absolute Gasteiger partial charge is 0.000732 e. The van der Waals surface area contributed by atoms with E-state index in [2.05, 4.69) is 123 Å². The second-order valence-electron chi connectivity index (χ2n) is 9.30. The molecule has 0 spiro atoms. The molecule has 2 aliphatic carbocycles. The van der Waals surface area contributed by atoms with Gasteiger partial charge in [0.2, 0.25) is 0 Å². The van der Waals surface area contributed by atoms with Gasteiger partial charge in [-0.15, -0.1) is 0 Å². The van der Waals surface area contributed by atoms with Gasteiger partial charge in [-0.1, -0.05) is 111 Å². The molecular formula is C35H29. The molecule has 0 saturated heterocycles. The SMILES string of the molecule is CCc1cccc2c1-c1cc(=C(c3ccccc3)c3ccccc3)c(CC)c(C3=CC=CC3)c1=[C]2. The normalized spacial score (nSPS) is 13.3. The molecule has 0 atom stereocenters. The maximum Gasteiger partial charge on any atom is -0.000732 e. The Hall–Kier alpha value is -3.90. The number of hydrogen-bond donors (Lipinski definition) is 0. The standard InChI is InChI=1S/C35H29/c1-3-24-20-13-21-28-22-30-32(33(24)28)23-31(29(4-2)35(30)27-18-11-12-19-27)34(25-14-7-5-8-15-25)26-16-9-6-10-17-26/h5-18,20-21,23H,3-4,19H2,1-2H3. The maximum absolute atomic E-state index is 3.84. The third-order valence-corrected chi connectivity index (χ3v) is 7.34. The van der Waals surface area contributed by atoms with Crippen molar-refractivity contribution >= 4 is 17.2 Å². The van der Waals surface area contributed by atoms with Crippen LogP contribution < -0.4 is 10.4 Å². The van der Waals surface area contributed by atoms with Gasteiger partial charge in [0.25, 0.3) is 0 Å². The first-order chi connectivity index (χ1) is 17.3. The van der Waals surface area contributed by atoms with Gasteiger partial charge in [0.15, 0.2) is 0 Å². The number of benzene rings is 4. The summed E-state index contributed by atoms with van der Waals surface area (Å²) in [6.45, 7) is 4.55. The molecule has 4 aromatic rings. The highest BCUT2D eigenvalue weighted by molar-refractivity contribution is 5.91. The minimum Gasteiger partial charge on any atom is -0.0801 e. The molecule has 0 fully saturated rings. The second kappa shape index (κ2) is 9.04. The maximum atomic E-state index is 3.84. The van der Waals surface area contributed by atoms with Crippen LogP contribution >= 0.6 is 0 Å². The van der Waals surface area contributed by atoms with Crippen LogP contribution in [-0.4, -0.2) is 0 Å². The van der Waals surface area contributed by atoms with Crippen molar-refractivity contribution in [2.75, 3.05) is 0 Å². The van der Waals surface area contributed by atoms with Crippen molar-refractivity contribution in [3.63, 3.8) is 0 Å². The lowest BCUT2D eigenvalue weighted by atomic mass is 9.85. The summed E-state index contributed by atoms with van der Waals surface area (Å²) < 4.78 is 0. The zero-order valence-electron chi connectivity index (χ0n) is 20.4. The Kier molecular flexibility index (Phi) is 5.58. The lowest BCUT2D eigenvalue weighted by molar-refractivity contribution is 1.09. The molecule has 0 heteroatoms. The molecule has 0 unspecified atom stereocenters. The molecule has 0 saturated carbocycles. The van der Waals surface area contributed by atoms with Crippen LogP contribution in [0.3, 0.4) is 0 Å². The Labute approximate surface area is 208 Å². The second-order valence-corrected chi connectivity index (χ2v) is 9.30. The number of aryl methyl sites for hydroxylation is 1. The number of hydrogen-bond acceptors (Lipinski definition) is 0. The molecule has 0 nitrogen and oxygen atoms in total. The zero-order valence-corrected chi connectivity index (χ0v) is 20.4. The summed E-state index contributed by atoms with van der Waals surface area (Å²) in [5.74, 6) is 0. The number of rotatable bonds is 5. The van der Waals surface area contributed by atoms with Crippen LogP contribution in [0, 0.1) is 0 Å². The predicted molar refractivity (Wildman–Crippen MR) is 149 cm³/mol. The van der Waals surface area contributed by atoms with E-state index in [0.29, 0.717) is 0 Å². The predicted octanol–water partition coefficient (Wildman–Crippen LogP) is 7.09. The Bertz CT molecular complexity index is 1560. The molecule has 0 amide bonds. The van der Waals surface area contributed by atoms with Gasteiger partial charge in [0.05, 0.1) is 0 Å². The summed E-state index contributed by atoms with van der Waals surface area (Å²) in [7, 11) is 0. The monoisotopic (exact) mass is 449 g/mol. The van der Waals surface area contributed by atoms with Crippen LogP contribution in [0.15, 0.2) is 103 Å². The number of allylic oxidation sites excluding steroid dienone is 4. The fourth-order valence-corrected chi connectivity index (χ4v) is 5.77. The summed E-state index contributed by atoms with van der Waals surface area (Å²) in [5, 5.41) is 2.61. The Balaban J connectivity index is 1.82. The van der Waals surface area contributed by atoms with Crippen molar-refractivity contribution < 1.29 is 0 Å². The molecular weight excluding hydrogens is 420 g/mol. The summed E-state index contributed by atoms with van der Waals surface area (Å²) in [6, 6.07) is 30.9. The van der Waals surface area contributed by atoms with E-state index in [-0.39, 0.29) is 0 Å². The van der Waals surface area contributed by atoms with Gasteiger partial charge in [0, 0.05) is 0 Å². The van der Waals surface area contributed by atoms with Crippen molar-refractivity contribution in [2.24, 2.45) is 0 Å². The zero-order chi connectivity index (χ0) is 23.8. The van der Waals surface area contributed by atoms with Crippen molar-refractivity contribution in [3.8, 4) is 11.1 Å². The van der Waals surface area contributed by atoms with E-state index in [1.165, 1.54) is 66.1 Å². The topological polar surface area (TPSA) is 0 Å². The molecule has 1 radical (unpaired) electrons. The van der Waals surface area contributed by atoms with Crippen molar-refractivity contribution in [3.05, 3.63) is 147 Å². The Morgan fingerprint density at radius 2 is 1.49 bits per heavy atom. The van der Waals surface area contributed by atoms with Crippen LogP contribution in [0.5, 0.6) is 0 Å². The summed E-state index contributed by atoms with van der Waals surface area (Å²) in [4.78, 5) is 0. The molecule has 4 aromatic carbocycles. The van der Waals surface area contributed by atoms with Crippen molar-refractivity contribution in [2.45, 2.75) is 33.1 Å². The largest absolute Gasteiger partial charge is 0.0801 e. The Morgan fingerprint density at radius 1 is 0.771 bits per heavy atom. The van der Waals surface area contributed by atoms with Crippen LogP contribution in [0.25, 0.3) is 28.3 Å². The fraction of sp³-hybridized carbons (Fsp3) is 0.143. The molecule has 169 valence electrons. The summed E-state index contributed by atoms with van der Waals surface area (Å²) in [5.41, 5.74) is 13.3. The Morgan fingerprint density at radius 3 is 2.09 bits per heavy atom. The van der Waals surface area contributed by atoms with E-state index in [4.69, 9.17) is 0 Å². The molecule has 0 aliphatic heterocycles. The lowest BCUT2D eigenvalue weighted by Gasteiger charge is -2.18. The molecule has 2 aliphatic rings. The average Bonchev–Trinajstić information content (AvgIpc) is 3.57. The summed E-state index contributed by atoms with van der Waals surface area (Å²) >= 11 is 0. The van der Waals surface area contributed by atoms with Crippen molar-refractivity contribution in [1.82, 2.24) is 0 Å². The van der Waals surface area contributed by atoms with Crippen LogP contribution in [0.4, 0.5) is 0 Å². The highest BCUT2D eigenvalue weighted by Gasteiger charge is 2.23. The van der Waals surface area contributed by atoms with Crippen LogP contribution in [0.1, 0.15) is 53.6 Å². The van der Waals surface area contributed by atoms with Gasteiger partial charge >= 0.3 is 0 Å². The third-order valence-electron chi connectivity index (χ3n) is 7.34. The first-order valence-electron chi connectivity index (χ1n) is 12.7. The molecule has 0 heterocycles. The van der Waals surface area contributed by atoms with Gasteiger partial charge < -0.3 is 0 Å². The van der Waals surface area contributed by atoms with E-state index >= 15 is 0 Å². The third kappa shape index (κ3) is 3.61. The highest BCUT2D eigenvalue weighted by atomic mass is 14.3. The lowest BCUT2D eigenvalue weighted by Crippen LogP contribution is -2.25.